The predicted octanol–water partition coefficient (Wildman–Crippen LogP) is 4.87. The van der Waals surface area contributed by atoms with Crippen molar-refractivity contribution in [3.05, 3.63) is 23.8 Å². The normalized spacial score (nSPS) is 12.7. The lowest BCUT2D eigenvalue weighted by molar-refractivity contribution is 0.691. The third-order valence-corrected chi connectivity index (χ3v) is 2.20. The van der Waals surface area contributed by atoms with Crippen molar-refractivity contribution in [2.45, 2.75) is 59.3 Å². The highest BCUT2D eigenvalue weighted by atomic mass is 14.0. The quantitative estimate of drug-likeness (QED) is 0.387. The first-order valence-corrected chi connectivity index (χ1v) is 5.65. The van der Waals surface area contributed by atoms with Crippen molar-refractivity contribution in [1.82, 2.24) is 0 Å². The summed E-state index contributed by atoms with van der Waals surface area (Å²) in [5, 5.41) is 0. The minimum absolute atomic E-state index is 1.27. The van der Waals surface area contributed by atoms with Crippen LogP contribution in [0.15, 0.2) is 23.8 Å². The molecule has 0 heteroatoms. The van der Waals surface area contributed by atoms with E-state index in [0.29, 0.717) is 0 Å². The Morgan fingerprint density at radius 1 is 1.00 bits per heavy atom. The molecule has 76 valence electrons. The van der Waals surface area contributed by atoms with Gasteiger partial charge in [0.2, 0.25) is 0 Å². The fourth-order valence-corrected chi connectivity index (χ4v) is 1.45. The average Bonchev–Trinajstić information content (AvgIpc) is 2.14. The molecule has 0 N–H and O–H groups in total. The van der Waals surface area contributed by atoms with Gasteiger partial charge in [0.25, 0.3) is 0 Å². The molecule has 0 rings (SSSR count). The molecule has 0 saturated carbocycles. The number of allylic oxidation sites excluding steroid dienone is 4. The topological polar surface area (TPSA) is 0 Å². The fraction of sp³-hybridized carbons (Fsp3) is 0.692. The number of rotatable bonds is 7. The van der Waals surface area contributed by atoms with E-state index in [1.807, 2.05) is 0 Å². The van der Waals surface area contributed by atoms with Crippen LogP contribution in [-0.4, -0.2) is 0 Å². The first-order valence-electron chi connectivity index (χ1n) is 5.65. The highest BCUT2D eigenvalue weighted by molar-refractivity contribution is 5.11. The lowest BCUT2D eigenvalue weighted by Crippen LogP contribution is -1.84. The summed E-state index contributed by atoms with van der Waals surface area (Å²) >= 11 is 0. The van der Waals surface area contributed by atoms with E-state index in [1.54, 1.807) is 5.57 Å². The zero-order valence-corrected chi connectivity index (χ0v) is 9.47. The zero-order chi connectivity index (χ0) is 9.94. The first kappa shape index (κ1) is 12.5. The van der Waals surface area contributed by atoms with E-state index < -0.39 is 0 Å². The van der Waals surface area contributed by atoms with Gasteiger partial charge in [0, 0.05) is 0 Å². The van der Waals surface area contributed by atoms with E-state index in [-0.39, 0.29) is 0 Å². The Balaban J connectivity index is 3.79. The lowest BCUT2D eigenvalue weighted by atomic mass is 10.0. The molecule has 0 nitrogen and oxygen atoms in total. The van der Waals surface area contributed by atoms with Crippen molar-refractivity contribution < 1.29 is 0 Å². The minimum Gasteiger partial charge on any atom is -0.0877 e. The van der Waals surface area contributed by atoms with Crippen LogP contribution in [0, 0.1) is 0 Å². The molecule has 0 unspecified atom stereocenters. The smallest absolute Gasteiger partial charge is 0.0317 e. The van der Waals surface area contributed by atoms with Crippen LogP contribution in [0.5, 0.6) is 0 Å². The Labute approximate surface area is 83.7 Å². The summed E-state index contributed by atoms with van der Waals surface area (Å²) in [6.07, 6.45) is 14.5. The van der Waals surface area contributed by atoms with Crippen molar-refractivity contribution >= 4 is 0 Å². The van der Waals surface area contributed by atoms with Crippen molar-refractivity contribution in [3.8, 4) is 0 Å². The van der Waals surface area contributed by atoms with Crippen LogP contribution in [0.4, 0.5) is 0 Å². The number of hydrogen-bond donors (Lipinski definition) is 0. The summed E-state index contributed by atoms with van der Waals surface area (Å²) in [6, 6.07) is 0. The second kappa shape index (κ2) is 9.57. The highest BCUT2D eigenvalue weighted by Crippen LogP contribution is 2.14. The van der Waals surface area contributed by atoms with Gasteiger partial charge in [-0.05, 0) is 26.2 Å². The van der Waals surface area contributed by atoms with Crippen LogP contribution in [0.25, 0.3) is 0 Å². The van der Waals surface area contributed by atoms with Crippen LogP contribution >= 0.6 is 0 Å². The van der Waals surface area contributed by atoms with Gasteiger partial charge in [-0.15, -0.1) is 0 Å². The van der Waals surface area contributed by atoms with Gasteiger partial charge in [0.05, 0.1) is 0 Å². The van der Waals surface area contributed by atoms with Gasteiger partial charge in [0.1, 0.15) is 0 Å². The van der Waals surface area contributed by atoms with Gasteiger partial charge < -0.3 is 0 Å². The minimum atomic E-state index is 1.27. The molecule has 0 aromatic rings. The van der Waals surface area contributed by atoms with Crippen molar-refractivity contribution in [1.29, 1.82) is 0 Å². The number of hydrogen-bond acceptors (Lipinski definition) is 0. The van der Waals surface area contributed by atoms with E-state index in [9.17, 15) is 0 Å². The van der Waals surface area contributed by atoms with E-state index in [4.69, 9.17) is 0 Å². The average molecular weight is 180 g/mol. The maximum absolute atomic E-state index is 2.29. The molecular formula is C13H24. The van der Waals surface area contributed by atoms with Gasteiger partial charge in [-0.3, -0.25) is 0 Å². The van der Waals surface area contributed by atoms with E-state index in [2.05, 4.69) is 39.0 Å². The zero-order valence-electron chi connectivity index (χ0n) is 9.47. The Morgan fingerprint density at radius 3 is 2.31 bits per heavy atom. The monoisotopic (exact) mass is 180 g/mol. The maximum atomic E-state index is 2.29. The molecular weight excluding hydrogens is 156 g/mol. The van der Waals surface area contributed by atoms with Gasteiger partial charge in [-0.2, -0.15) is 0 Å². The molecule has 0 aliphatic rings. The molecule has 0 radical (unpaired) electrons. The molecule has 0 saturated heterocycles. The molecule has 0 aromatic heterocycles. The Morgan fingerprint density at radius 2 is 1.77 bits per heavy atom. The number of unbranched alkanes of at least 4 members (excludes halogenated alkanes) is 2. The molecule has 0 heterocycles. The molecule has 0 amide bonds. The summed E-state index contributed by atoms with van der Waals surface area (Å²) in [5.41, 5.74) is 1.62. The molecule has 0 atom stereocenters. The maximum Gasteiger partial charge on any atom is -0.0317 e. The Bertz CT molecular complexity index is 151. The largest absolute Gasteiger partial charge is 0.0877 e. The second-order valence-electron chi connectivity index (χ2n) is 3.56. The van der Waals surface area contributed by atoms with E-state index >= 15 is 0 Å². The summed E-state index contributed by atoms with van der Waals surface area (Å²) in [6.45, 7) is 6.59. The summed E-state index contributed by atoms with van der Waals surface area (Å²) in [7, 11) is 0. The highest BCUT2D eigenvalue weighted by Gasteiger charge is 1.94. The molecule has 0 fully saturated rings. The summed E-state index contributed by atoms with van der Waals surface area (Å²) < 4.78 is 0. The molecule has 13 heavy (non-hydrogen) atoms. The molecule has 0 aromatic carbocycles. The third-order valence-electron chi connectivity index (χ3n) is 2.20. The lowest BCUT2D eigenvalue weighted by Gasteiger charge is -2.04. The van der Waals surface area contributed by atoms with Crippen LogP contribution in [-0.2, 0) is 0 Å². The Hall–Kier alpha value is -0.520. The van der Waals surface area contributed by atoms with Gasteiger partial charge >= 0.3 is 0 Å². The third kappa shape index (κ3) is 7.83. The summed E-state index contributed by atoms with van der Waals surface area (Å²) in [4.78, 5) is 0. The van der Waals surface area contributed by atoms with Gasteiger partial charge in [-0.1, -0.05) is 56.9 Å². The van der Waals surface area contributed by atoms with Gasteiger partial charge in [0.15, 0.2) is 0 Å². The fourth-order valence-electron chi connectivity index (χ4n) is 1.45. The predicted molar refractivity (Wildman–Crippen MR) is 61.9 cm³/mol. The van der Waals surface area contributed by atoms with Gasteiger partial charge in [-0.25, -0.2) is 0 Å². The molecule has 0 bridgehead atoms. The van der Waals surface area contributed by atoms with Crippen LogP contribution in [0.1, 0.15) is 59.3 Å². The summed E-state index contributed by atoms with van der Waals surface area (Å²) in [5.74, 6) is 0. The SMILES string of the molecule is C/C=C\C=C(/CCC)CCCCC. The van der Waals surface area contributed by atoms with E-state index in [1.165, 1.54) is 38.5 Å². The van der Waals surface area contributed by atoms with Crippen molar-refractivity contribution in [3.63, 3.8) is 0 Å². The molecule has 0 aliphatic carbocycles. The van der Waals surface area contributed by atoms with Crippen LogP contribution in [0.3, 0.4) is 0 Å². The van der Waals surface area contributed by atoms with Crippen molar-refractivity contribution in [2.75, 3.05) is 0 Å². The standard InChI is InChI=1S/C13H24/c1-4-7-9-12-13(10-6-3)11-8-5-2/h5,8,11H,4,6-7,9-10,12H2,1-3H3/b8-5-,13-11+. The van der Waals surface area contributed by atoms with E-state index in [0.717, 1.165) is 0 Å². The van der Waals surface area contributed by atoms with Crippen LogP contribution < -0.4 is 0 Å². The van der Waals surface area contributed by atoms with Crippen LogP contribution in [0.2, 0.25) is 0 Å². The Kier molecular flexibility index (Phi) is 9.18. The molecule has 0 spiro atoms. The second-order valence-corrected chi connectivity index (χ2v) is 3.56. The first-order chi connectivity index (χ1) is 6.35. The van der Waals surface area contributed by atoms with Crippen molar-refractivity contribution in [2.24, 2.45) is 0 Å². The molecule has 0 aliphatic heterocycles.